The molecule has 1 aliphatic carbocycles. The highest BCUT2D eigenvalue weighted by Crippen LogP contribution is 2.47. The van der Waals surface area contributed by atoms with Gasteiger partial charge >= 0.3 is 0 Å². The lowest BCUT2D eigenvalue weighted by Gasteiger charge is -2.47. The molecule has 0 aliphatic heterocycles. The van der Waals surface area contributed by atoms with E-state index >= 15 is 0 Å². The molecule has 4 atom stereocenters. The largest absolute Gasteiger partial charge is 0.460 e. The van der Waals surface area contributed by atoms with E-state index in [9.17, 15) is 4.79 Å². The molecule has 0 spiro atoms. The molecule has 36 heavy (non-hydrogen) atoms. The normalized spacial score (nSPS) is 22.0. The van der Waals surface area contributed by atoms with Gasteiger partial charge in [0.1, 0.15) is 6.10 Å². The van der Waals surface area contributed by atoms with Crippen LogP contribution in [0.2, 0.25) is 18.1 Å². The second kappa shape index (κ2) is 11.2. The maximum absolute atomic E-state index is 11.4. The van der Waals surface area contributed by atoms with Gasteiger partial charge in [-0.2, -0.15) is 0 Å². The minimum Gasteiger partial charge on any atom is -0.460 e. The van der Waals surface area contributed by atoms with Gasteiger partial charge < -0.3 is 13.6 Å². The van der Waals surface area contributed by atoms with Gasteiger partial charge in [0.15, 0.2) is 9.04 Å². The fourth-order valence-corrected chi connectivity index (χ4v) is 11.6. The van der Waals surface area contributed by atoms with Crippen molar-refractivity contribution in [3.8, 4) is 0 Å². The zero-order chi connectivity index (χ0) is 26.7. The summed E-state index contributed by atoms with van der Waals surface area (Å²) in [5, 5.41) is 2.31. The molecule has 4 nitrogen and oxygen atoms in total. The third kappa shape index (κ3) is 5.77. The molecule has 6 heteroatoms. The van der Waals surface area contributed by atoms with Crippen molar-refractivity contribution >= 4 is 34.2 Å². The Hall–Kier alpha value is -2.00. The van der Waals surface area contributed by atoms with E-state index in [0.29, 0.717) is 12.9 Å². The lowest BCUT2D eigenvalue weighted by Crippen LogP contribution is -2.68. The predicted molar refractivity (Wildman–Crippen MR) is 154 cm³/mol. The van der Waals surface area contributed by atoms with Gasteiger partial charge in [0.25, 0.3) is 14.8 Å². The first kappa shape index (κ1) is 28.6. The first-order valence-corrected chi connectivity index (χ1v) is 17.7. The zero-order valence-corrected chi connectivity index (χ0v) is 25.4. The quantitative estimate of drug-likeness (QED) is 0.248. The van der Waals surface area contributed by atoms with E-state index in [1.54, 1.807) is 0 Å². The average Bonchev–Trinajstić information content (AvgIpc) is 3.10. The van der Waals surface area contributed by atoms with Crippen LogP contribution < -0.4 is 10.4 Å². The highest BCUT2D eigenvalue weighted by Gasteiger charge is 2.56. The van der Waals surface area contributed by atoms with Crippen LogP contribution in [-0.2, 0) is 18.4 Å². The molecule has 0 saturated heterocycles. The second-order valence-corrected chi connectivity index (χ2v) is 19.0. The van der Waals surface area contributed by atoms with E-state index in [2.05, 4.69) is 122 Å². The molecule has 1 saturated carbocycles. The molecular weight excluding hydrogens is 480 g/mol. The lowest BCUT2D eigenvalue weighted by atomic mass is 9.78. The first-order valence-electron chi connectivity index (χ1n) is 13.0. The minimum atomic E-state index is -2.81. The Morgan fingerprint density at radius 2 is 1.44 bits per heavy atom. The minimum absolute atomic E-state index is 0.0773. The molecule has 2 aromatic carbocycles. The number of rotatable bonds is 9. The predicted octanol–water partition coefficient (Wildman–Crippen LogP) is 5.46. The van der Waals surface area contributed by atoms with E-state index in [1.165, 1.54) is 10.4 Å². The van der Waals surface area contributed by atoms with Crippen LogP contribution in [0, 0.1) is 11.3 Å². The van der Waals surface area contributed by atoms with Crippen molar-refractivity contribution < 1.29 is 18.4 Å². The smallest absolute Gasteiger partial charge is 0.293 e. The summed E-state index contributed by atoms with van der Waals surface area (Å²) in [6, 6.07) is 21.4. The molecule has 0 radical (unpaired) electrons. The Morgan fingerprint density at radius 1 is 0.944 bits per heavy atom. The van der Waals surface area contributed by atoms with Crippen molar-refractivity contribution in [2.24, 2.45) is 11.3 Å². The summed E-state index contributed by atoms with van der Waals surface area (Å²) in [7, 11) is -4.19. The van der Waals surface area contributed by atoms with Crippen LogP contribution in [0.3, 0.4) is 0 Å². The number of hydrogen-bond acceptors (Lipinski definition) is 4. The molecule has 2 aromatic rings. The summed E-state index contributed by atoms with van der Waals surface area (Å²) in [4.78, 5) is 11.4. The third-order valence-electron chi connectivity index (χ3n) is 7.25. The van der Waals surface area contributed by atoms with Gasteiger partial charge in [0, 0.05) is 12.3 Å². The summed E-state index contributed by atoms with van der Waals surface area (Å²) in [5.41, 5.74) is 0.771. The first-order chi connectivity index (χ1) is 16.8. The highest BCUT2D eigenvalue weighted by molar-refractivity contribution is 6.99. The van der Waals surface area contributed by atoms with E-state index in [-0.39, 0.29) is 34.7 Å². The molecule has 1 aliphatic rings. The topological polar surface area (TPSA) is 44.8 Å². The number of ether oxygens (including phenoxy) is 1. The molecule has 196 valence electrons. The summed E-state index contributed by atoms with van der Waals surface area (Å²) in [5.74, 6) is -0.0773. The van der Waals surface area contributed by atoms with Crippen LogP contribution in [0.15, 0.2) is 72.8 Å². The van der Waals surface area contributed by atoms with Crippen molar-refractivity contribution in [2.75, 3.05) is 0 Å². The average molecular weight is 525 g/mol. The number of carbonyl (C=O) groups excluding carboxylic acids is 1. The van der Waals surface area contributed by atoms with Gasteiger partial charge in [0.2, 0.25) is 0 Å². The molecule has 0 N–H and O–H groups in total. The van der Waals surface area contributed by atoms with Crippen LogP contribution in [0.1, 0.15) is 48.0 Å². The van der Waals surface area contributed by atoms with Gasteiger partial charge in [-0.1, -0.05) is 109 Å². The number of benzene rings is 2. The fraction of sp³-hybridized carbons (Fsp3) is 0.500. The Labute approximate surface area is 220 Å². The summed E-state index contributed by atoms with van der Waals surface area (Å²) < 4.78 is 19.8. The lowest BCUT2D eigenvalue weighted by molar-refractivity contribution is -0.132. The van der Waals surface area contributed by atoms with Gasteiger partial charge in [-0.25, -0.2) is 0 Å². The van der Waals surface area contributed by atoms with Gasteiger partial charge in [-0.05, 0) is 39.5 Å². The number of carbonyl (C=O) groups is 1. The maximum Gasteiger partial charge on any atom is 0.293 e. The van der Waals surface area contributed by atoms with Crippen molar-refractivity contribution in [3.05, 3.63) is 72.8 Å². The van der Waals surface area contributed by atoms with Crippen LogP contribution in [-0.4, -0.2) is 42.1 Å². The van der Waals surface area contributed by atoms with E-state index in [4.69, 9.17) is 13.6 Å². The van der Waals surface area contributed by atoms with Crippen LogP contribution in [0.4, 0.5) is 0 Å². The fourth-order valence-electron chi connectivity index (χ4n) is 5.72. The molecule has 0 amide bonds. The van der Waals surface area contributed by atoms with Crippen molar-refractivity contribution in [1.29, 1.82) is 0 Å². The van der Waals surface area contributed by atoms with Crippen LogP contribution >= 0.6 is 0 Å². The summed E-state index contributed by atoms with van der Waals surface area (Å²) >= 11 is 0. The Morgan fingerprint density at radius 3 is 1.83 bits per heavy atom. The van der Waals surface area contributed by atoms with Gasteiger partial charge in [0.05, 0.1) is 12.2 Å². The Kier molecular flexibility index (Phi) is 8.87. The molecule has 1 fully saturated rings. The SMILES string of the molecule is C=C1[C@H](OC=O)C[C@H](O[Si](c2ccccc2)(c2ccccc2)C(C)(C)C)[C@@H]1C(O[SiH](C)C)C(C)(C)C. The molecular formula is C30H44O4Si2. The maximum atomic E-state index is 11.4. The third-order valence-corrected chi connectivity index (χ3v) is 13.2. The van der Waals surface area contributed by atoms with Gasteiger partial charge in [-0.15, -0.1) is 0 Å². The Balaban J connectivity index is 2.22. The Bertz CT molecular complexity index is 969. The van der Waals surface area contributed by atoms with Crippen molar-refractivity contribution in [2.45, 2.75) is 84.4 Å². The standard InChI is InChI=1S/C30H44O4Si2/c1-22-25(32-21-31)20-26(27(22)28(29(2,3)4)33-35(8)9)34-36(30(5,6)7,23-16-12-10-13-17-23)24-18-14-11-15-19-24/h10-19,21,25-28,35H,1,20H2,2-9H3/t25-,26+,27-,28?/m1/s1. The van der Waals surface area contributed by atoms with E-state index < -0.39 is 17.4 Å². The zero-order valence-electron chi connectivity index (χ0n) is 23.3. The molecule has 0 heterocycles. The summed E-state index contributed by atoms with van der Waals surface area (Å²) in [6.07, 6.45) is -0.0636. The summed E-state index contributed by atoms with van der Waals surface area (Å²) in [6.45, 7) is 22.9. The monoisotopic (exact) mass is 524 g/mol. The molecule has 1 unspecified atom stereocenters. The molecule has 3 rings (SSSR count). The van der Waals surface area contributed by atoms with Crippen molar-refractivity contribution in [3.63, 3.8) is 0 Å². The van der Waals surface area contributed by atoms with Gasteiger partial charge in [-0.3, -0.25) is 4.79 Å². The highest BCUT2D eigenvalue weighted by atomic mass is 28.4. The second-order valence-electron chi connectivity index (χ2n) is 12.3. The van der Waals surface area contributed by atoms with Crippen molar-refractivity contribution in [1.82, 2.24) is 0 Å². The molecule has 0 bridgehead atoms. The molecule has 0 aromatic heterocycles. The van der Waals surface area contributed by atoms with Crippen LogP contribution in [0.25, 0.3) is 0 Å². The van der Waals surface area contributed by atoms with E-state index in [1.807, 2.05) is 0 Å². The van der Waals surface area contributed by atoms with E-state index in [0.717, 1.165) is 5.57 Å². The van der Waals surface area contributed by atoms with Crippen LogP contribution in [0.5, 0.6) is 0 Å². The number of hydrogen-bond donors (Lipinski definition) is 0.